The zero-order chi connectivity index (χ0) is 29.7. The Bertz CT molecular complexity index is 1090. The second-order valence-corrected chi connectivity index (χ2v) is 12.2. The fraction of sp³-hybridized carbons (Fsp3) is 0.710. The topological polar surface area (TPSA) is 109 Å². The molecule has 1 aliphatic carbocycles. The van der Waals surface area contributed by atoms with Gasteiger partial charge >= 0.3 is 0 Å². The van der Waals surface area contributed by atoms with Crippen molar-refractivity contribution >= 4 is 29.1 Å². The summed E-state index contributed by atoms with van der Waals surface area (Å²) in [5.41, 5.74) is 0.405. The molecule has 1 aromatic rings. The van der Waals surface area contributed by atoms with E-state index in [0.29, 0.717) is 63.9 Å². The number of piperidine rings is 1. The van der Waals surface area contributed by atoms with Crippen LogP contribution < -0.4 is 25.2 Å². The lowest BCUT2D eigenvalue weighted by Crippen LogP contribution is -2.53. The van der Waals surface area contributed by atoms with E-state index >= 15 is 0 Å². The lowest BCUT2D eigenvalue weighted by Gasteiger charge is -2.39. The van der Waals surface area contributed by atoms with Crippen molar-refractivity contribution in [2.24, 2.45) is 17.8 Å². The van der Waals surface area contributed by atoms with Gasteiger partial charge in [-0.3, -0.25) is 14.4 Å². The van der Waals surface area contributed by atoms with Crippen LogP contribution in [-0.4, -0.2) is 81.5 Å². The molecule has 2 fully saturated rings. The summed E-state index contributed by atoms with van der Waals surface area (Å²) in [4.78, 5) is 44.2. The molecule has 3 amide bonds. The molecule has 2 heterocycles. The zero-order valence-electron chi connectivity index (χ0n) is 25.5. The molecule has 10 heteroatoms. The lowest BCUT2D eigenvalue weighted by atomic mass is 9.88. The highest BCUT2D eigenvalue weighted by atomic mass is 16.5. The number of rotatable bonds is 13. The van der Waals surface area contributed by atoms with Gasteiger partial charge in [-0.15, -0.1) is 0 Å². The van der Waals surface area contributed by atoms with Gasteiger partial charge in [0.05, 0.1) is 36.8 Å². The summed E-state index contributed by atoms with van der Waals surface area (Å²) >= 11 is 0. The van der Waals surface area contributed by atoms with Gasteiger partial charge < -0.3 is 34.6 Å². The lowest BCUT2D eigenvalue weighted by molar-refractivity contribution is -0.133. The van der Waals surface area contributed by atoms with Crippen molar-refractivity contribution < 1.29 is 28.6 Å². The molecule has 1 aromatic carbocycles. The molecule has 4 rings (SSSR count). The van der Waals surface area contributed by atoms with Gasteiger partial charge in [-0.25, -0.2) is 0 Å². The fourth-order valence-electron chi connectivity index (χ4n) is 5.55. The van der Waals surface area contributed by atoms with Crippen LogP contribution in [0.25, 0.3) is 0 Å². The van der Waals surface area contributed by atoms with Crippen LogP contribution >= 0.6 is 0 Å². The van der Waals surface area contributed by atoms with Gasteiger partial charge in [0.15, 0.2) is 5.60 Å². The minimum absolute atomic E-state index is 0.0106. The van der Waals surface area contributed by atoms with Crippen LogP contribution in [0, 0.1) is 17.8 Å². The van der Waals surface area contributed by atoms with Crippen LogP contribution in [0.5, 0.6) is 5.75 Å². The summed E-state index contributed by atoms with van der Waals surface area (Å²) in [6, 6.07) is 5.70. The van der Waals surface area contributed by atoms with E-state index in [4.69, 9.17) is 14.2 Å². The summed E-state index contributed by atoms with van der Waals surface area (Å²) < 4.78 is 17.2. The normalized spacial score (nSPS) is 22.6. The number of hydrogen-bond acceptors (Lipinski definition) is 7. The van der Waals surface area contributed by atoms with Crippen molar-refractivity contribution in [1.82, 2.24) is 10.6 Å². The van der Waals surface area contributed by atoms with Crippen molar-refractivity contribution in [3.63, 3.8) is 0 Å². The SMILES string of the molecule is CCOCCN1C(=O)C(C)(C)Oc2ccc(N(C(=O)[C@H]3CNC[C@@H](C(=O)N[C@H](COCC)C(C)C)C3)C3CC3)cc21. The van der Waals surface area contributed by atoms with Crippen molar-refractivity contribution in [2.75, 3.05) is 55.9 Å². The molecular formula is C31H48N4O6. The number of fused-ring (bicyclic) bond motifs is 1. The number of carbonyl (C=O) groups excluding carboxylic acids is 3. The van der Waals surface area contributed by atoms with Gasteiger partial charge in [-0.05, 0) is 71.1 Å². The maximum Gasteiger partial charge on any atom is 0.270 e. The van der Waals surface area contributed by atoms with E-state index in [9.17, 15) is 14.4 Å². The number of anilines is 2. The van der Waals surface area contributed by atoms with E-state index in [-0.39, 0.29) is 47.6 Å². The monoisotopic (exact) mass is 572 g/mol. The standard InChI is InChI=1S/C31H48N4O6/c1-7-39-14-13-34-26-16-24(11-12-27(26)41-31(5,6)30(34)38)35(23-9-10-23)29(37)22-15-21(17-32-18-22)28(36)33-25(20(3)4)19-40-8-2/h11-12,16,20-23,25,32H,7-10,13-15,17-19H2,1-6H3,(H,33,36)/t21-,22+,25+/m0/s1. The predicted octanol–water partition coefficient (Wildman–Crippen LogP) is 3.13. The Balaban J connectivity index is 1.52. The first-order chi connectivity index (χ1) is 19.6. The van der Waals surface area contributed by atoms with Crippen LogP contribution in [0.4, 0.5) is 11.4 Å². The number of nitrogens with one attached hydrogen (secondary N) is 2. The smallest absolute Gasteiger partial charge is 0.270 e. The third-order valence-corrected chi connectivity index (χ3v) is 8.15. The molecule has 3 atom stereocenters. The molecule has 0 unspecified atom stereocenters. The molecule has 0 spiro atoms. The Hall–Kier alpha value is -2.69. The quantitative estimate of drug-likeness (QED) is 0.350. The van der Waals surface area contributed by atoms with E-state index < -0.39 is 5.60 Å². The third kappa shape index (κ3) is 7.40. The third-order valence-electron chi connectivity index (χ3n) is 8.15. The van der Waals surface area contributed by atoms with Gasteiger partial charge in [0.25, 0.3) is 5.91 Å². The summed E-state index contributed by atoms with van der Waals surface area (Å²) in [6.45, 7) is 15.1. The first-order valence-corrected chi connectivity index (χ1v) is 15.2. The highest BCUT2D eigenvalue weighted by molar-refractivity contribution is 6.04. The van der Waals surface area contributed by atoms with Crippen molar-refractivity contribution in [3.05, 3.63) is 18.2 Å². The highest BCUT2D eigenvalue weighted by Crippen LogP contribution is 2.42. The predicted molar refractivity (Wildman–Crippen MR) is 158 cm³/mol. The average Bonchev–Trinajstić information content (AvgIpc) is 3.78. The Kier molecular flexibility index (Phi) is 10.3. The number of ether oxygens (including phenoxy) is 3. The zero-order valence-corrected chi connectivity index (χ0v) is 25.5. The molecule has 1 saturated carbocycles. The summed E-state index contributed by atoms with van der Waals surface area (Å²) in [6.07, 6.45) is 2.34. The van der Waals surface area contributed by atoms with Crippen molar-refractivity contribution in [2.45, 2.75) is 78.5 Å². The maximum atomic E-state index is 14.1. The van der Waals surface area contributed by atoms with Crippen LogP contribution in [0.15, 0.2) is 18.2 Å². The summed E-state index contributed by atoms with van der Waals surface area (Å²) in [5, 5.41) is 6.49. The Morgan fingerprint density at radius 1 is 1.15 bits per heavy atom. The molecule has 1 saturated heterocycles. The summed E-state index contributed by atoms with van der Waals surface area (Å²) in [5.74, 6) is 0.0587. The van der Waals surface area contributed by atoms with Crippen molar-refractivity contribution in [1.29, 1.82) is 0 Å². The Labute approximate surface area is 244 Å². The van der Waals surface area contributed by atoms with E-state index in [1.165, 1.54) is 0 Å². The Morgan fingerprint density at radius 3 is 2.51 bits per heavy atom. The second-order valence-electron chi connectivity index (χ2n) is 12.2. The minimum atomic E-state index is -0.993. The molecule has 3 aliphatic rings. The second kappa shape index (κ2) is 13.5. The van der Waals surface area contributed by atoms with Crippen molar-refractivity contribution in [3.8, 4) is 5.75 Å². The van der Waals surface area contributed by atoms with Gasteiger partial charge in [0.2, 0.25) is 11.8 Å². The van der Waals surface area contributed by atoms with Crippen LogP contribution in [0.1, 0.15) is 60.8 Å². The van der Waals surface area contributed by atoms with E-state index in [1.807, 2.05) is 36.9 Å². The van der Waals surface area contributed by atoms with E-state index in [1.54, 1.807) is 18.7 Å². The first-order valence-electron chi connectivity index (χ1n) is 15.2. The molecule has 10 nitrogen and oxygen atoms in total. The maximum absolute atomic E-state index is 14.1. The largest absolute Gasteiger partial charge is 0.476 e. The van der Waals surface area contributed by atoms with E-state index in [0.717, 1.165) is 18.5 Å². The molecule has 0 bridgehead atoms. The number of carbonyl (C=O) groups is 3. The average molecular weight is 573 g/mol. The van der Waals surface area contributed by atoms with Gasteiger partial charge in [0, 0.05) is 44.6 Å². The highest BCUT2D eigenvalue weighted by Gasteiger charge is 2.43. The molecule has 0 aromatic heterocycles. The molecule has 228 valence electrons. The summed E-state index contributed by atoms with van der Waals surface area (Å²) in [7, 11) is 0. The first kappa shape index (κ1) is 31.3. The number of nitrogens with zero attached hydrogens (tertiary/aromatic N) is 2. The number of amides is 3. The fourth-order valence-corrected chi connectivity index (χ4v) is 5.55. The van der Waals surface area contributed by atoms with E-state index in [2.05, 4.69) is 24.5 Å². The minimum Gasteiger partial charge on any atom is -0.476 e. The molecule has 41 heavy (non-hydrogen) atoms. The van der Waals surface area contributed by atoms with Gasteiger partial charge in [-0.1, -0.05) is 13.8 Å². The van der Waals surface area contributed by atoms with Crippen LogP contribution in [0.2, 0.25) is 0 Å². The Morgan fingerprint density at radius 2 is 1.85 bits per heavy atom. The number of hydrogen-bond donors (Lipinski definition) is 2. The molecule has 0 radical (unpaired) electrons. The number of benzene rings is 1. The molecular weight excluding hydrogens is 524 g/mol. The van der Waals surface area contributed by atoms with Crippen LogP contribution in [0.3, 0.4) is 0 Å². The molecule has 2 N–H and O–H groups in total. The van der Waals surface area contributed by atoms with Gasteiger partial charge in [-0.2, -0.15) is 0 Å². The molecule has 2 aliphatic heterocycles. The van der Waals surface area contributed by atoms with Crippen LogP contribution in [-0.2, 0) is 23.9 Å². The van der Waals surface area contributed by atoms with Gasteiger partial charge in [0.1, 0.15) is 5.75 Å².